The Morgan fingerprint density at radius 3 is 2.38 bits per heavy atom. The molecule has 0 aromatic heterocycles. The van der Waals surface area contributed by atoms with E-state index in [4.69, 9.17) is 24.7 Å². The third kappa shape index (κ3) is 5.92. The Labute approximate surface area is 233 Å². The molecule has 0 radical (unpaired) electrons. The summed E-state index contributed by atoms with van der Waals surface area (Å²) in [7, 11) is 1.59. The lowest BCUT2D eigenvalue weighted by Gasteiger charge is -2.27. The van der Waals surface area contributed by atoms with Gasteiger partial charge >= 0.3 is 5.97 Å². The SMILES string of the molecule is COc1ccc(CC(=O)Oc2ccc3c(c2)OC(N)=C(C#N)C3c2cccc(OCc3ccc(C)cc3)c2)cc1. The van der Waals surface area contributed by atoms with Gasteiger partial charge in [0.15, 0.2) is 0 Å². The van der Waals surface area contributed by atoms with E-state index in [9.17, 15) is 10.1 Å². The number of carbonyl (C=O) groups excluding carboxylic acids is 1. The van der Waals surface area contributed by atoms with Crippen molar-refractivity contribution in [2.45, 2.75) is 25.9 Å². The number of methoxy groups -OCH3 is 1. The summed E-state index contributed by atoms with van der Waals surface area (Å²) in [5.74, 6) is 1.24. The number of allylic oxidation sites excluding steroid dienone is 1. The first-order valence-electron chi connectivity index (χ1n) is 12.8. The van der Waals surface area contributed by atoms with Crippen molar-refractivity contribution in [1.82, 2.24) is 0 Å². The van der Waals surface area contributed by atoms with E-state index in [0.29, 0.717) is 35.2 Å². The molecule has 200 valence electrons. The van der Waals surface area contributed by atoms with Crippen LogP contribution in [0, 0.1) is 18.3 Å². The number of rotatable bonds is 8. The van der Waals surface area contributed by atoms with E-state index in [0.717, 1.165) is 22.3 Å². The Bertz CT molecular complexity index is 1600. The predicted octanol–water partition coefficient (Wildman–Crippen LogP) is 5.95. The van der Waals surface area contributed by atoms with Gasteiger partial charge in [-0.05, 0) is 53.9 Å². The molecule has 1 atom stereocenters. The van der Waals surface area contributed by atoms with Crippen molar-refractivity contribution >= 4 is 5.97 Å². The quantitative estimate of drug-likeness (QED) is 0.221. The maximum atomic E-state index is 12.6. The molecule has 0 saturated carbocycles. The number of fused-ring (bicyclic) bond motifs is 1. The van der Waals surface area contributed by atoms with E-state index in [1.54, 1.807) is 37.4 Å². The van der Waals surface area contributed by atoms with Crippen LogP contribution in [0.5, 0.6) is 23.0 Å². The standard InChI is InChI=1S/C33H28N2O5/c1-21-6-8-23(9-7-21)20-38-26-5-3-4-24(17-26)32-28-15-14-27(18-30(28)40-33(35)29(32)19-34)39-31(36)16-22-10-12-25(37-2)13-11-22/h3-15,17-18,32H,16,20,35H2,1-2H3. The molecule has 2 N–H and O–H groups in total. The number of hydrogen-bond donors (Lipinski definition) is 1. The fraction of sp³-hybridized carbons (Fsp3) is 0.152. The van der Waals surface area contributed by atoms with Gasteiger partial charge in [-0.25, -0.2) is 0 Å². The molecule has 1 heterocycles. The molecule has 40 heavy (non-hydrogen) atoms. The molecule has 1 unspecified atom stereocenters. The largest absolute Gasteiger partial charge is 0.497 e. The predicted molar refractivity (Wildman–Crippen MR) is 150 cm³/mol. The maximum absolute atomic E-state index is 12.6. The summed E-state index contributed by atoms with van der Waals surface area (Å²) < 4.78 is 22.6. The summed E-state index contributed by atoms with van der Waals surface area (Å²) in [6, 6.07) is 30.3. The third-order valence-corrected chi connectivity index (χ3v) is 6.65. The number of nitrogens with two attached hydrogens (primary N) is 1. The number of aryl methyl sites for hydroxylation is 1. The number of nitrogens with zero attached hydrogens (tertiary/aromatic N) is 1. The van der Waals surface area contributed by atoms with Gasteiger partial charge in [-0.15, -0.1) is 0 Å². The van der Waals surface area contributed by atoms with Crippen LogP contribution >= 0.6 is 0 Å². The molecule has 7 nitrogen and oxygen atoms in total. The number of nitriles is 1. The van der Waals surface area contributed by atoms with Crippen molar-refractivity contribution in [1.29, 1.82) is 5.26 Å². The fourth-order valence-corrected chi connectivity index (χ4v) is 4.55. The third-order valence-electron chi connectivity index (χ3n) is 6.65. The Morgan fingerprint density at radius 1 is 0.925 bits per heavy atom. The van der Waals surface area contributed by atoms with Crippen LogP contribution in [-0.4, -0.2) is 13.1 Å². The molecule has 0 spiro atoms. The van der Waals surface area contributed by atoms with E-state index >= 15 is 0 Å². The number of hydrogen-bond acceptors (Lipinski definition) is 7. The lowest BCUT2D eigenvalue weighted by molar-refractivity contribution is -0.133. The molecule has 0 amide bonds. The number of benzene rings is 4. The molecule has 1 aliphatic rings. The highest BCUT2D eigenvalue weighted by Crippen LogP contribution is 2.44. The Kier molecular flexibility index (Phi) is 7.70. The topological polar surface area (TPSA) is 104 Å². The first-order valence-corrected chi connectivity index (χ1v) is 12.8. The van der Waals surface area contributed by atoms with Crippen molar-refractivity contribution < 1.29 is 23.7 Å². The van der Waals surface area contributed by atoms with Crippen LogP contribution in [0.3, 0.4) is 0 Å². The molecule has 0 bridgehead atoms. The second-order valence-corrected chi connectivity index (χ2v) is 9.47. The molecule has 0 fully saturated rings. The summed E-state index contributed by atoms with van der Waals surface area (Å²) in [6.07, 6.45) is 0.0978. The highest BCUT2D eigenvalue weighted by Gasteiger charge is 2.31. The molecule has 0 saturated heterocycles. The zero-order valence-electron chi connectivity index (χ0n) is 22.2. The Balaban J connectivity index is 1.35. The smallest absolute Gasteiger partial charge is 0.315 e. The lowest BCUT2D eigenvalue weighted by Crippen LogP contribution is -2.21. The van der Waals surface area contributed by atoms with Crippen LogP contribution in [0.2, 0.25) is 0 Å². The van der Waals surface area contributed by atoms with Crippen LogP contribution in [0.4, 0.5) is 0 Å². The maximum Gasteiger partial charge on any atom is 0.315 e. The van der Waals surface area contributed by atoms with Gasteiger partial charge in [0, 0.05) is 11.6 Å². The van der Waals surface area contributed by atoms with Crippen molar-refractivity contribution in [2.75, 3.05) is 7.11 Å². The zero-order valence-corrected chi connectivity index (χ0v) is 22.2. The van der Waals surface area contributed by atoms with Gasteiger partial charge in [0.2, 0.25) is 5.88 Å². The summed E-state index contributed by atoms with van der Waals surface area (Å²) in [4.78, 5) is 12.6. The van der Waals surface area contributed by atoms with E-state index in [1.165, 1.54) is 5.56 Å². The first kappa shape index (κ1) is 26.4. The minimum atomic E-state index is -0.472. The molecular weight excluding hydrogens is 504 g/mol. The number of ether oxygens (including phenoxy) is 4. The Hall–Kier alpha value is -5.22. The van der Waals surface area contributed by atoms with Gasteiger partial charge in [0.25, 0.3) is 0 Å². The van der Waals surface area contributed by atoms with Crippen molar-refractivity contribution in [3.63, 3.8) is 0 Å². The van der Waals surface area contributed by atoms with Gasteiger partial charge in [-0.2, -0.15) is 5.26 Å². The summed E-state index contributed by atoms with van der Waals surface area (Å²) in [5.41, 5.74) is 11.1. The monoisotopic (exact) mass is 532 g/mol. The van der Waals surface area contributed by atoms with Gasteiger partial charge < -0.3 is 24.7 Å². The van der Waals surface area contributed by atoms with Crippen LogP contribution in [0.1, 0.15) is 33.7 Å². The van der Waals surface area contributed by atoms with Gasteiger partial charge in [0.1, 0.15) is 41.2 Å². The number of carbonyl (C=O) groups is 1. The van der Waals surface area contributed by atoms with Gasteiger partial charge in [-0.1, -0.05) is 60.2 Å². The van der Waals surface area contributed by atoms with E-state index < -0.39 is 11.9 Å². The fourth-order valence-electron chi connectivity index (χ4n) is 4.55. The highest BCUT2D eigenvalue weighted by molar-refractivity contribution is 5.75. The molecule has 1 aliphatic heterocycles. The highest BCUT2D eigenvalue weighted by atomic mass is 16.5. The molecular formula is C33H28N2O5. The van der Waals surface area contributed by atoms with E-state index in [2.05, 4.69) is 6.07 Å². The first-order chi connectivity index (χ1) is 19.4. The molecule has 7 heteroatoms. The minimum Gasteiger partial charge on any atom is -0.497 e. The minimum absolute atomic E-state index is 0.00712. The van der Waals surface area contributed by atoms with Crippen molar-refractivity contribution in [3.8, 4) is 29.1 Å². The van der Waals surface area contributed by atoms with Crippen molar-refractivity contribution in [2.24, 2.45) is 5.73 Å². The number of esters is 1. The van der Waals surface area contributed by atoms with Crippen LogP contribution in [0.15, 0.2) is 102 Å². The van der Waals surface area contributed by atoms with E-state index in [1.807, 2.05) is 67.6 Å². The molecule has 0 aliphatic carbocycles. The summed E-state index contributed by atoms with van der Waals surface area (Å²) >= 11 is 0. The Morgan fingerprint density at radius 2 is 1.65 bits per heavy atom. The summed E-state index contributed by atoms with van der Waals surface area (Å²) in [5, 5.41) is 9.93. The van der Waals surface area contributed by atoms with Crippen LogP contribution < -0.4 is 24.7 Å². The molecule has 4 aromatic rings. The normalized spacial score (nSPS) is 14.0. The van der Waals surface area contributed by atoms with Crippen molar-refractivity contribution in [3.05, 3.63) is 130 Å². The molecule has 5 rings (SSSR count). The second kappa shape index (κ2) is 11.7. The second-order valence-electron chi connectivity index (χ2n) is 9.47. The van der Waals surface area contributed by atoms with Gasteiger partial charge in [0.05, 0.1) is 19.4 Å². The average molecular weight is 533 g/mol. The lowest BCUT2D eigenvalue weighted by atomic mass is 9.83. The molecule has 4 aromatic carbocycles. The van der Waals surface area contributed by atoms with Gasteiger partial charge in [-0.3, -0.25) is 4.79 Å². The zero-order chi connectivity index (χ0) is 28.1. The average Bonchev–Trinajstić information content (AvgIpc) is 2.96. The van der Waals surface area contributed by atoms with Crippen LogP contribution in [-0.2, 0) is 17.8 Å². The van der Waals surface area contributed by atoms with E-state index in [-0.39, 0.29) is 12.3 Å². The van der Waals surface area contributed by atoms with Crippen LogP contribution in [0.25, 0.3) is 0 Å². The summed E-state index contributed by atoms with van der Waals surface area (Å²) in [6.45, 7) is 2.46.